The fraction of sp³-hybridized carbons (Fsp3) is 0.381. The fourth-order valence-electron chi connectivity index (χ4n) is 3.26. The second kappa shape index (κ2) is 11.2. The number of amidine groups is 1. The molecule has 1 aromatic rings. The summed E-state index contributed by atoms with van der Waals surface area (Å²) in [5, 5.41) is 3.15. The van der Waals surface area contributed by atoms with Gasteiger partial charge in [0.15, 0.2) is 0 Å². The number of thioether (sulfide) groups is 1. The van der Waals surface area contributed by atoms with E-state index < -0.39 is 17.9 Å². The average Bonchev–Trinajstić information content (AvgIpc) is 2.71. The topological polar surface area (TPSA) is 103 Å². The van der Waals surface area contributed by atoms with E-state index in [0.717, 1.165) is 10.5 Å². The molecule has 161 valence electrons. The first kappa shape index (κ1) is 24.1. The number of carbonyl (C=O) groups excluding carboxylic acids is 2. The summed E-state index contributed by atoms with van der Waals surface area (Å²) in [6.45, 7) is 5.84. The third-order valence-corrected chi connectivity index (χ3v) is 5.45. The molecule has 1 aliphatic rings. The Morgan fingerprint density at radius 2 is 1.83 bits per heavy atom. The second-order valence-electron chi connectivity index (χ2n) is 6.36. The van der Waals surface area contributed by atoms with Crippen molar-refractivity contribution in [3.8, 4) is 0 Å². The van der Waals surface area contributed by atoms with E-state index in [4.69, 9.17) is 15.2 Å². The molecular formula is C21H26N3O4SSe. The number of ether oxygens (including phenoxy) is 2. The Hall–Kier alpha value is -2.22. The first-order chi connectivity index (χ1) is 14.3. The number of nitrogens with zero attached hydrogens (tertiary/aromatic N) is 1. The molecule has 0 saturated carbocycles. The van der Waals surface area contributed by atoms with Crippen molar-refractivity contribution in [2.24, 2.45) is 10.7 Å². The summed E-state index contributed by atoms with van der Waals surface area (Å²) in [4.78, 5) is 31.2. The maximum absolute atomic E-state index is 13.0. The molecule has 1 radical (unpaired) electrons. The molecule has 0 aromatic heterocycles. The predicted octanol–water partition coefficient (Wildman–Crippen LogP) is 2.23. The van der Waals surface area contributed by atoms with Gasteiger partial charge in [-0.2, -0.15) is 0 Å². The van der Waals surface area contributed by atoms with Crippen molar-refractivity contribution in [3.63, 3.8) is 0 Å². The normalized spacial score (nSPS) is 16.9. The Morgan fingerprint density at radius 3 is 2.40 bits per heavy atom. The molecule has 0 bridgehead atoms. The Kier molecular flexibility index (Phi) is 9.02. The van der Waals surface area contributed by atoms with E-state index in [9.17, 15) is 9.59 Å². The quantitative estimate of drug-likeness (QED) is 0.187. The molecule has 0 aliphatic carbocycles. The van der Waals surface area contributed by atoms with Crippen molar-refractivity contribution in [3.05, 3.63) is 52.4 Å². The first-order valence-corrected chi connectivity index (χ1v) is 11.6. The number of aliphatic imine (C=N–C) groups is 1. The first-order valence-electron chi connectivity index (χ1n) is 9.49. The predicted molar refractivity (Wildman–Crippen MR) is 119 cm³/mol. The van der Waals surface area contributed by atoms with Crippen LogP contribution in [0.2, 0.25) is 0 Å². The van der Waals surface area contributed by atoms with Crippen LogP contribution >= 0.6 is 11.8 Å². The van der Waals surface area contributed by atoms with Crippen LogP contribution in [-0.4, -0.2) is 58.7 Å². The molecule has 0 saturated heterocycles. The standard InChI is InChI=1S/C21H26N3O4SSe/c1-5-27-19(25)16-12(3)24-15(11-23-21(22)30)18(20(26)28-6-2)17(16)13-8-7-9-14(10-13)29-4/h7-10,17,24H,5-6,11H2,1-4H3,(H2,22,23). The van der Waals surface area contributed by atoms with Crippen molar-refractivity contribution in [2.45, 2.75) is 31.6 Å². The monoisotopic (exact) mass is 496 g/mol. The second-order valence-corrected chi connectivity index (χ2v) is 8.12. The summed E-state index contributed by atoms with van der Waals surface area (Å²) < 4.78 is 10.9. The third kappa shape index (κ3) is 5.68. The van der Waals surface area contributed by atoms with Crippen molar-refractivity contribution in [2.75, 3.05) is 26.0 Å². The molecule has 0 fully saturated rings. The number of esters is 2. The van der Waals surface area contributed by atoms with Crippen molar-refractivity contribution >= 4 is 44.4 Å². The molecular weight excluding hydrogens is 469 g/mol. The molecule has 7 nitrogen and oxygen atoms in total. The number of hydrogen-bond donors (Lipinski definition) is 2. The van der Waals surface area contributed by atoms with Gasteiger partial charge in [-0.15, -0.1) is 0 Å². The van der Waals surface area contributed by atoms with Crippen LogP contribution in [0.4, 0.5) is 0 Å². The number of benzene rings is 1. The number of nitrogens with one attached hydrogen (secondary N) is 1. The van der Waals surface area contributed by atoms with Gasteiger partial charge in [-0.3, -0.25) is 0 Å². The number of hydrogen-bond acceptors (Lipinski definition) is 7. The van der Waals surface area contributed by atoms with Crippen molar-refractivity contribution in [1.29, 1.82) is 0 Å². The fourth-order valence-corrected chi connectivity index (χ4v) is 3.87. The van der Waals surface area contributed by atoms with Crippen LogP contribution in [0.15, 0.2) is 56.7 Å². The Labute approximate surface area is 189 Å². The van der Waals surface area contributed by atoms with Crippen molar-refractivity contribution in [1.82, 2.24) is 5.32 Å². The minimum atomic E-state index is -0.649. The van der Waals surface area contributed by atoms with Gasteiger partial charge in [-0.25, -0.2) is 0 Å². The number of nitrogens with two attached hydrogens (primary N) is 1. The zero-order valence-electron chi connectivity index (χ0n) is 17.5. The van der Waals surface area contributed by atoms with Gasteiger partial charge in [0.2, 0.25) is 0 Å². The molecule has 2 rings (SSSR count). The number of carbonyl (C=O) groups is 2. The summed E-state index contributed by atoms with van der Waals surface area (Å²) in [6, 6.07) is 7.74. The number of dihydropyridines is 1. The van der Waals surface area contributed by atoms with Gasteiger partial charge in [0, 0.05) is 0 Å². The van der Waals surface area contributed by atoms with Crippen LogP contribution in [0, 0.1) is 0 Å². The van der Waals surface area contributed by atoms with E-state index in [0.29, 0.717) is 22.5 Å². The van der Waals surface area contributed by atoms with Crippen LogP contribution in [0.5, 0.6) is 0 Å². The Morgan fingerprint density at radius 1 is 1.20 bits per heavy atom. The third-order valence-electron chi connectivity index (χ3n) is 4.46. The van der Waals surface area contributed by atoms with Gasteiger partial charge >= 0.3 is 190 Å². The Bertz CT molecular complexity index is 907. The summed E-state index contributed by atoms with van der Waals surface area (Å²) in [5.41, 5.74) is 8.30. The molecule has 1 aromatic carbocycles. The number of rotatable bonds is 8. The van der Waals surface area contributed by atoms with Gasteiger partial charge in [0.05, 0.1) is 0 Å². The molecule has 0 spiro atoms. The van der Waals surface area contributed by atoms with Gasteiger partial charge in [-0.05, 0) is 0 Å². The molecule has 1 atom stereocenters. The van der Waals surface area contributed by atoms with Crippen LogP contribution in [0.3, 0.4) is 0 Å². The molecule has 1 aliphatic heterocycles. The summed E-state index contributed by atoms with van der Waals surface area (Å²) in [6.07, 6.45) is 1.97. The zero-order valence-corrected chi connectivity index (χ0v) is 20.0. The molecule has 0 amide bonds. The van der Waals surface area contributed by atoms with Gasteiger partial charge in [0.1, 0.15) is 0 Å². The average molecular weight is 495 g/mol. The number of allylic oxidation sites excluding steroid dienone is 1. The summed E-state index contributed by atoms with van der Waals surface area (Å²) in [7, 11) is 0. The van der Waals surface area contributed by atoms with Gasteiger partial charge < -0.3 is 0 Å². The molecule has 30 heavy (non-hydrogen) atoms. The minimum absolute atomic E-state index is 0.138. The van der Waals surface area contributed by atoms with E-state index in [-0.39, 0.29) is 24.5 Å². The maximum atomic E-state index is 13.0. The van der Waals surface area contributed by atoms with E-state index in [2.05, 4.69) is 26.3 Å². The van der Waals surface area contributed by atoms with Crippen LogP contribution < -0.4 is 11.1 Å². The van der Waals surface area contributed by atoms with Gasteiger partial charge in [-0.1, -0.05) is 0 Å². The van der Waals surface area contributed by atoms with E-state index in [1.807, 2.05) is 30.5 Å². The van der Waals surface area contributed by atoms with E-state index >= 15 is 0 Å². The molecule has 1 heterocycles. The molecule has 3 N–H and O–H groups in total. The van der Waals surface area contributed by atoms with E-state index in [1.165, 1.54) is 0 Å². The zero-order chi connectivity index (χ0) is 22.3. The van der Waals surface area contributed by atoms with Gasteiger partial charge in [0.25, 0.3) is 0 Å². The Balaban J connectivity index is 2.74. The van der Waals surface area contributed by atoms with Crippen LogP contribution in [0.1, 0.15) is 32.3 Å². The van der Waals surface area contributed by atoms with E-state index in [1.54, 1.807) is 32.5 Å². The summed E-state index contributed by atoms with van der Waals surface area (Å²) in [5.74, 6) is -1.64. The van der Waals surface area contributed by atoms with Crippen molar-refractivity contribution < 1.29 is 19.1 Å². The SMILES string of the molecule is CCOC(=O)C1=C(C)NC(CN=C(N)[Se])=C(C(=O)OCC)C1c1cccc(SC)c1. The molecule has 9 heteroatoms. The summed E-state index contributed by atoms with van der Waals surface area (Å²) >= 11 is 4.21. The molecule has 1 unspecified atom stereocenters. The van der Waals surface area contributed by atoms with Crippen LogP contribution in [-0.2, 0) is 19.1 Å². The van der Waals surface area contributed by atoms with Crippen LogP contribution in [0.25, 0.3) is 0 Å².